The van der Waals surface area contributed by atoms with Gasteiger partial charge < -0.3 is 15.7 Å². The van der Waals surface area contributed by atoms with Crippen molar-refractivity contribution in [3.05, 3.63) is 34.9 Å². The Morgan fingerprint density at radius 2 is 1.86 bits per heavy atom. The summed E-state index contributed by atoms with van der Waals surface area (Å²) in [5, 5.41) is 15.0. The molecule has 0 radical (unpaired) electrons. The van der Waals surface area contributed by atoms with Crippen LogP contribution in [0.2, 0.25) is 5.02 Å². The van der Waals surface area contributed by atoms with Gasteiger partial charge in [0.25, 0.3) is 0 Å². The number of halogens is 1. The molecule has 0 saturated heterocycles. The van der Waals surface area contributed by atoms with Crippen LogP contribution in [-0.4, -0.2) is 23.1 Å². The van der Waals surface area contributed by atoms with Gasteiger partial charge in [0.05, 0.1) is 12.5 Å². The van der Waals surface area contributed by atoms with E-state index < -0.39 is 5.97 Å². The number of hydrogen-bond donors (Lipinski definition) is 3. The van der Waals surface area contributed by atoms with Gasteiger partial charge in [-0.3, -0.25) is 4.79 Å². The van der Waals surface area contributed by atoms with Gasteiger partial charge in [0.2, 0.25) is 0 Å². The molecule has 0 fully saturated rings. The monoisotopic (exact) mass is 312 g/mol. The van der Waals surface area contributed by atoms with Crippen LogP contribution in [0.4, 0.5) is 4.79 Å². The first-order valence-corrected chi connectivity index (χ1v) is 7.34. The maximum atomic E-state index is 11.9. The summed E-state index contributed by atoms with van der Waals surface area (Å²) in [5.74, 6) is -0.917. The minimum Gasteiger partial charge on any atom is -0.481 e. The zero-order valence-electron chi connectivity index (χ0n) is 12.2. The largest absolute Gasteiger partial charge is 0.481 e. The second kappa shape index (κ2) is 8.52. The van der Waals surface area contributed by atoms with E-state index in [4.69, 9.17) is 16.7 Å². The molecule has 0 spiro atoms. The van der Waals surface area contributed by atoms with E-state index in [1.807, 2.05) is 26.0 Å². The van der Waals surface area contributed by atoms with Crippen LogP contribution >= 0.6 is 11.6 Å². The Kier molecular flexibility index (Phi) is 7.02. The van der Waals surface area contributed by atoms with E-state index in [-0.39, 0.29) is 24.5 Å². The molecule has 0 saturated carbocycles. The van der Waals surface area contributed by atoms with Crippen molar-refractivity contribution in [3.63, 3.8) is 0 Å². The highest BCUT2D eigenvalue weighted by atomic mass is 35.5. The molecule has 5 nitrogen and oxygen atoms in total. The second-order valence-electron chi connectivity index (χ2n) is 4.97. The summed E-state index contributed by atoms with van der Waals surface area (Å²) >= 11 is 5.82. The lowest BCUT2D eigenvalue weighted by atomic mass is 10.1. The maximum absolute atomic E-state index is 11.9. The van der Waals surface area contributed by atoms with E-state index in [1.54, 1.807) is 12.1 Å². The van der Waals surface area contributed by atoms with E-state index in [1.165, 1.54) is 0 Å². The summed E-state index contributed by atoms with van der Waals surface area (Å²) < 4.78 is 0. The summed E-state index contributed by atoms with van der Waals surface area (Å²) in [6, 6.07) is 6.30. The van der Waals surface area contributed by atoms with Gasteiger partial charge in [-0.05, 0) is 31.0 Å². The molecular formula is C15H21ClN2O3. The molecule has 116 valence electrons. The number of benzene rings is 1. The first-order valence-electron chi connectivity index (χ1n) is 6.96. The lowest BCUT2D eigenvalue weighted by molar-refractivity contribution is -0.137. The second-order valence-corrected chi connectivity index (χ2v) is 5.41. The maximum Gasteiger partial charge on any atom is 0.315 e. The number of rotatable bonds is 7. The third-order valence-electron chi connectivity index (χ3n) is 3.11. The molecule has 1 aromatic rings. The number of amides is 2. The normalized spacial score (nSPS) is 13.3. The van der Waals surface area contributed by atoms with Crippen molar-refractivity contribution < 1.29 is 14.7 Å². The molecule has 0 aliphatic rings. The fraction of sp³-hybridized carbons (Fsp3) is 0.467. The number of carboxylic acid groups (broad SMARTS) is 1. The zero-order chi connectivity index (χ0) is 15.8. The minimum atomic E-state index is -0.917. The Morgan fingerprint density at radius 1 is 1.24 bits per heavy atom. The van der Waals surface area contributed by atoms with Crippen molar-refractivity contribution in [1.29, 1.82) is 0 Å². The average Bonchev–Trinajstić information content (AvgIpc) is 2.38. The van der Waals surface area contributed by atoms with Gasteiger partial charge in [-0.15, -0.1) is 0 Å². The fourth-order valence-electron chi connectivity index (χ4n) is 2.04. The van der Waals surface area contributed by atoms with Crippen LogP contribution in [0.15, 0.2) is 24.3 Å². The quantitative estimate of drug-likeness (QED) is 0.722. The number of aliphatic carboxylic acids is 1. The molecule has 0 bridgehead atoms. The predicted octanol–water partition coefficient (Wildman–Crippen LogP) is 3.34. The molecule has 2 unspecified atom stereocenters. The third kappa shape index (κ3) is 6.49. The van der Waals surface area contributed by atoms with Gasteiger partial charge in [0.15, 0.2) is 0 Å². The summed E-state index contributed by atoms with van der Waals surface area (Å²) in [7, 11) is 0. The number of hydrogen-bond acceptors (Lipinski definition) is 2. The zero-order valence-corrected chi connectivity index (χ0v) is 13.0. The van der Waals surface area contributed by atoms with Gasteiger partial charge in [-0.25, -0.2) is 4.79 Å². The highest BCUT2D eigenvalue weighted by molar-refractivity contribution is 6.30. The van der Waals surface area contributed by atoms with E-state index in [0.717, 1.165) is 12.0 Å². The highest BCUT2D eigenvalue weighted by Crippen LogP contribution is 2.16. The van der Waals surface area contributed by atoms with E-state index >= 15 is 0 Å². The first kappa shape index (κ1) is 17.3. The fourth-order valence-corrected chi connectivity index (χ4v) is 2.17. The first-order chi connectivity index (χ1) is 9.92. The molecule has 6 heteroatoms. The van der Waals surface area contributed by atoms with E-state index in [9.17, 15) is 9.59 Å². The Labute approximate surface area is 129 Å². The van der Waals surface area contributed by atoms with Gasteiger partial charge in [-0.1, -0.05) is 37.1 Å². The van der Waals surface area contributed by atoms with Crippen LogP contribution < -0.4 is 10.6 Å². The Morgan fingerprint density at radius 3 is 2.38 bits per heavy atom. The van der Waals surface area contributed by atoms with Crippen LogP contribution in [0.25, 0.3) is 0 Å². The van der Waals surface area contributed by atoms with Crippen molar-refractivity contribution in [2.75, 3.05) is 0 Å². The van der Waals surface area contributed by atoms with Crippen LogP contribution in [0.3, 0.4) is 0 Å². The van der Waals surface area contributed by atoms with Crippen LogP contribution in [0.1, 0.15) is 44.7 Å². The van der Waals surface area contributed by atoms with Gasteiger partial charge in [-0.2, -0.15) is 0 Å². The molecule has 1 aromatic carbocycles. The molecular weight excluding hydrogens is 292 g/mol. The lowest BCUT2D eigenvalue weighted by Crippen LogP contribution is -2.43. The Bertz CT molecular complexity index is 476. The molecule has 0 aromatic heterocycles. The van der Waals surface area contributed by atoms with Crippen molar-refractivity contribution in [2.45, 2.75) is 45.2 Å². The summed E-state index contributed by atoms with van der Waals surface area (Å²) in [5.41, 5.74) is 0.930. The molecule has 3 N–H and O–H groups in total. The Hall–Kier alpha value is -1.75. The van der Waals surface area contributed by atoms with Crippen molar-refractivity contribution in [2.24, 2.45) is 0 Å². The third-order valence-corrected chi connectivity index (χ3v) is 3.36. The average molecular weight is 313 g/mol. The minimum absolute atomic E-state index is 0.0728. The molecule has 2 atom stereocenters. The van der Waals surface area contributed by atoms with Gasteiger partial charge in [0, 0.05) is 11.1 Å². The molecule has 1 rings (SSSR count). The summed E-state index contributed by atoms with van der Waals surface area (Å²) in [6.07, 6.45) is 1.37. The van der Waals surface area contributed by atoms with Crippen molar-refractivity contribution >= 4 is 23.6 Å². The van der Waals surface area contributed by atoms with Gasteiger partial charge in [0.1, 0.15) is 0 Å². The van der Waals surface area contributed by atoms with Crippen molar-refractivity contribution in [3.8, 4) is 0 Å². The smallest absolute Gasteiger partial charge is 0.315 e. The molecule has 2 amide bonds. The topological polar surface area (TPSA) is 78.4 Å². The summed E-state index contributed by atoms with van der Waals surface area (Å²) in [4.78, 5) is 22.7. The van der Waals surface area contributed by atoms with Crippen LogP contribution in [0, 0.1) is 0 Å². The summed E-state index contributed by atoms with van der Waals surface area (Å²) in [6.45, 7) is 3.81. The standard InChI is InChI=1S/C15H21ClN2O3/c1-3-4-13(9-14(19)20)18-15(21)17-10(2)11-5-7-12(16)8-6-11/h5-8,10,13H,3-4,9H2,1-2H3,(H,19,20)(H2,17,18,21). The van der Waals surface area contributed by atoms with Crippen LogP contribution in [-0.2, 0) is 4.79 Å². The Balaban J connectivity index is 2.54. The number of carboxylic acids is 1. The molecule has 0 heterocycles. The predicted molar refractivity (Wildman–Crippen MR) is 82.5 cm³/mol. The highest BCUT2D eigenvalue weighted by Gasteiger charge is 2.16. The van der Waals surface area contributed by atoms with E-state index in [2.05, 4.69) is 10.6 Å². The number of nitrogens with one attached hydrogen (secondary N) is 2. The molecule has 0 aliphatic heterocycles. The lowest BCUT2D eigenvalue weighted by Gasteiger charge is -2.20. The SMILES string of the molecule is CCCC(CC(=O)O)NC(=O)NC(C)c1ccc(Cl)cc1. The number of carbonyl (C=O) groups is 2. The molecule has 21 heavy (non-hydrogen) atoms. The van der Waals surface area contributed by atoms with E-state index in [0.29, 0.717) is 11.4 Å². The number of carbonyl (C=O) groups excluding carboxylic acids is 1. The number of urea groups is 1. The van der Waals surface area contributed by atoms with Crippen LogP contribution in [0.5, 0.6) is 0 Å². The van der Waals surface area contributed by atoms with Gasteiger partial charge >= 0.3 is 12.0 Å². The molecule has 0 aliphatic carbocycles. The van der Waals surface area contributed by atoms with Crippen molar-refractivity contribution in [1.82, 2.24) is 10.6 Å².